The fraction of sp³-hybridized carbons (Fsp3) is 0.514. The maximum absolute atomic E-state index is 13.7. The van der Waals surface area contributed by atoms with Gasteiger partial charge in [0, 0.05) is 42.0 Å². The quantitative estimate of drug-likeness (QED) is 0.206. The predicted octanol–water partition coefficient (Wildman–Crippen LogP) is 8.17. The molecule has 5 rings (SSSR count). The van der Waals surface area contributed by atoms with Crippen LogP contribution in [0.1, 0.15) is 82.5 Å². The highest BCUT2D eigenvalue weighted by molar-refractivity contribution is 5.88. The number of pyridine rings is 1. The predicted molar refractivity (Wildman–Crippen MR) is 173 cm³/mol. The Morgan fingerprint density at radius 3 is 2.27 bits per heavy atom. The number of hydrogen-bond donors (Lipinski definition) is 0. The van der Waals surface area contributed by atoms with Gasteiger partial charge in [-0.1, -0.05) is 24.3 Å². The van der Waals surface area contributed by atoms with E-state index in [4.69, 9.17) is 19.2 Å². The van der Waals surface area contributed by atoms with Gasteiger partial charge in [0.2, 0.25) is 0 Å². The van der Waals surface area contributed by atoms with Crippen LogP contribution in [0.15, 0.2) is 48.5 Å². The van der Waals surface area contributed by atoms with Crippen molar-refractivity contribution in [2.24, 2.45) is 11.8 Å². The number of nitrogens with zero attached hydrogens (tertiary/aromatic N) is 2. The Morgan fingerprint density at radius 2 is 1.66 bits per heavy atom. The Morgan fingerprint density at radius 1 is 0.977 bits per heavy atom. The summed E-state index contributed by atoms with van der Waals surface area (Å²) in [6.07, 6.45) is 3.28. The van der Waals surface area contributed by atoms with E-state index in [1.54, 1.807) is 12.1 Å². The van der Waals surface area contributed by atoms with Gasteiger partial charge >= 0.3 is 5.97 Å². The van der Waals surface area contributed by atoms with Crippen LogP contribution >= 0.6 is 0 Å². The van der Waals surface area contributed by atoms with E-state index in [0.717, 1.165) is 70.5 Å². The second kappa shape index (κ2) is 13.3. The minimum absolute atomic E-state index is 0.237. The second-order valence-corrected chi connectivity index (χ2v) is 13.6. The van der Waals surface area contributed by atoms with Crippen LogP contribution in [0.2, 0.25) is 0 Å². The Labute approximate surface area is 261 Å². The van der Waals surface area contributed by atoms with Gasteiger partial charge in [0.25, 0.3) is 0 Å². The summed E-state index contributed by atoms with van der Waals surface area (Å²) >= 11 is 0. The summed E-state index contributed by atoms with van der Waals surface area (Å²) in [5.41, 5.74) is 5.99. The first kappa shape index (κ1) is 32.0. The van der Waals surface area contributed by atoms with Crippen LogP contribution in [0.5, 0.6) is 5.75 Å². The van der Waals surface area contributed by atoms with Crippen LogP contribution in [-0.4, -0.2) is 42.4 Å². The number of benzene rings is 2. The first-order valence-electron chi connectivity index (χ1n) is 16.0. The Kier molecular flexibility index (Phi) is 9.64. The molecule has 2 unspecified atom stereocenters. The van der Waals surface area contributed by atoms with Crippen molar-refractivity contribution in [3.8, 4) is 16.9 Å². The fourth-order valence-electron chi connectivity index (χ4n) is 6.30. The molecule has 1 saturated heterocycles. The van der Waals surface area contributed by atoms with Gasteiger partial charge in [0.05, 0.1) is 24.0 Å². The minimum Gasteiger partial charge on any atom is -0.493 e. The van der Waals surface area contributed by atoms with Gasteiger partial charge in [-0.2, -0.15) is 0 Å². The first-order chi connectivity index (χ1) is 20.9. The van der Waals surface area contributed by atoms with Gasteiger partial charge in [-0.15, -0.1) is 0 Å². The molecule has 2 aliphatic rings. The number of anilines is 1. The molecule has 0 radical (unpaired) electrons. The van der Waals surface area contributed by atoms with Crippen molar-refractivity contribution in [1.82, 2.24) is 4.98 Å². The standard InChI is InChI=1S/C37H47FN2O4/c1-23(2)43-36(41)35(44-37(5,6)7)33-25(4)39-24(3)32(34(33)40-20-18-29(22-40)27-10-11-27)28-12-16-31(17-13-28)42-21-19-26-8-14-30(38)15-9-26/h8-9,12-17,23,27,29,35H,10-11,18-22H2,1-7H3. The molecule has 2 fully saturated rings. The maximum Gasteiger partial charge on any atom is 0.340 e. The van der Waals surface area contributed by atoms with Crippen molar-refractivity contribution >= 4 is 11.7 Å². The van der Waals surface area contributed by atoms with E-state index in [2.05, 4.69) is 17.0 Å². The number of ether oxygens (including phenoxy) is 3. The highest BCUT2D eigenvalue weighted by Crippen LogP contribution is 2.47. The molecule has 2 aromatic carbocycles. The average molecular weight is 603 g/mol. The summed E-state index contributed by atoms with van der Waals surface area (Å²) in [4.78, 5) is 21.2. The van der Waals surface area contributed by atoms with Crippen LogP contribution in [0, 0.1) is 31.5 Å². The first-order valence-corrected chi connectivity index (χ1v) is 16.0. The zero-order valence-corrected chi connectivity index (χ0v) is 27.3. The molecule has 1 aromatic heterocycles. The van der Waals surface area contributed by atoms with Crippen LogP contribution in [-0.2, 0) is 20.7 Å². The van der Waals surface area contributed by atoms with Crippen LogP contribution in [0.3, 0.4) is 0 Å². The zero-order valence-electron chi connectivity index (χ0n) is 27.3. The fourth-order valence-corrected chi connectivity index (χ4v) is 6.30. The lowest BCUT2D eigenvalue weighted by molar-refractivity contribution is -0.171. The molecule has 1 saturated carbocycles. The second-order valence-electron chi connectivity index (χ2n) is 13.6. The van der Waals surface area contributed by atoms with Gasteiger partial charge in [-0.25, -0.2) is 9.18 Å². The summed E-state index contributed by atoms with van der Waals surface area (Å²) < 4.78 is 31.6. The molecule has 236 valence electrons. The Hall–Kier alpha value is -3.45. The molecule has 0 N–H and O–H groups in total. The Balaban J connectivity index is 1.52. The normalized spacial score (nSPS) is 17.7. The minimum atomic E-state index is -0.909. The lowest BCUT2D eigenvalue weighted by Crippen LogP contribution is -2.33. The number of carbonyl (C=O) groups excluding carboxylic acids is 1. The number of halogens is 1. The van der Waals surface area contributed by atoms with Crippen LogP contribution in [0.4, 0.5) is 10.1 Å². The van der Waals surface area contributed by atoms with Crippen molar-refractivity contribution in [3.05, 3.63) is 76.9 Å². The summed E-state index contributed by atoms with van der Waals surface area (Å²) in [5.74, 6) is 1.60. The lowest BCUT2D eigenvalue weighted by atomic mass is 9.93. The Bertz CT molecular complexity index is 1440. The van der Waals surface area contributed by atoms with Crippen molar-refractivity contribution in [2.75, 3.05) is 24.6 Å². The molecule has 2 heterocycles. The SMILES string of the molecule is Cc1nc(C)c(C(OC(C)(C)C)C(=O)OC(C)C)c(N2CCC(C3CC3)C2)c1-c1ccc(OCCc2ccc(F)cc2)cc1. The topological polar surface area (TPSA) is 60.9 Å². The smallest absolute Gasteiger partial charge is 0.340 e. The number of aromatic nitrogens is 1. The summed E-state index contributed by atoms with van der Waals surface area (Å²) in [7, 11) is 0. The highest BCUT2D eigenvalue weighted by atomic mass is 19.1. The summed E-state index contributed by atoms with van der Waals surface area (Å²) in [5, 5.41) is 0. The molecule has 44 heavy (non-hydrogen) atoms. The van der Waals surface area contributed by atoms with Gasteiger partial charge < -0.3 is 19.1 Å². The number of aryl methyl sites for hydroxylation is 2. The molecule has 2 atom stereocenters. The number of rotatable bonds is 11. The van der Waals surface area contributed by atoms with Gasteiger partial charge in [0.1, 0.15) is 11.6 Å². The van der Waals surface area contributed by atoms with E-state index in [1.807, 2.05) is 60.6 Å². The molecule has 7 heteroatoms. The lowest BCUT2D eigenvalue weighted by Gasteiger charge is -2.33. The van der Waals surface area contributed by atoms with Gasteiger partial charge in [0.15, 0.2) is 6.10 Å². The average Bonchev–Trinajstić information content (AvgIpc) is 3.69. The van der Waals surface area contributed by atoms with Gasteiger partial charge in [-0.05, 0) is 115 Å². The molecule has 3 aromatic rings. The van der Waals surface area contributed by atoms with Crippen molar-refractivity contribution in [2.45, 2.75) is 92.0 Å². The van der Waals surface area contributed by atoms with Crippen molar-refractivity contribution < 1.29 is 23.4 Å². The summed E-state index contributed by atoms with van der Waals surface area (Å²) in [6, 6.07) is 14.6. The number of carbonyl (C=O) groups is 1. The van der Waals surface area contributed by atoms with E-state index in [1.165, 1.54) is 25.0 Å². The molecule has 0 bridgehead atoms. The van der Waals surface area contributed by atoms with Crippen molar-refractivity contribution in [1.29, 1.82) is 0 Å². The zero-order chi connectivity index (χ0) is 31.6. The van der Waals surface area contributed by atoms with Crippen LogP contribution in [0.25, 0.3) is 11.1 Å². The molecule has 1 aliphatic heterocycles. The van der Waals surface area contributed by atoms with E-state index < -0.39 is 17.7 Å². The molecule has 0 amide bonds. The third-order valence-electron chi connectivity index (χ3n) is 8.42. The maximum atomic E-state index is 13.7. The monoisotopic (exact) mass is 602 g/mol. The molecule has 1 aliphatic carbocycles. The van der Waals surface area contributed by atoms with Crippen LogP contribution < -0.4 is 9.64 Å². The van der Waals surface area contributed by atoms with Crippen molar-refractivity contribution in [3.63, 3.8) is 0 Å². The van der Waals surface area contributed by atoms with E-state index in [-0.39, 0.29) is 11.9 Å². The van der Waals surface area contributed by atoms with Gasteiger partial charge in [-0.3, -0.25) is 4.98 Å². The summed E-state index contributed by atoms with van der Waals surface area (Å²) in [6.45, 7) is 16.0. The molecular formula is C37H47FN2O4. The number of esters is 1. The largest absolute Gasteiger partial charge is 0.493 e. The van der Waals surface area contributed by atoms with E-state index in [0.29, 0.717) is 18.9 Å². The third kappa shape index (κ3) is 7.79. The highest BCUT2D eigenvalue weighted by Gasteiger charge is 2.40. The molecular weight excluding hydrogens is 555 g/mol. The van der Waals surface area contributed by atoms with E-state index in [9.17, 15) is 9.18 Å². The molecule has 6 nitrogen and oxygen atoms in total. The molecule has 0 spiro atoms. The third-order valence-corrected chi connectivity index (χ3v) is 8.42. The van der Waals surface area contributed by atoms with E-state index >= 15 is 0 Å². The number of hydrogen-bond acceptors (Lipinski definition) is 6.